The lowest BCUT2D eigenvalue weighted by molar-refractivity contribution is 1.23. The third-order valence-corrected chi connectivity index (χ3v) is 4.05. The molecule has 0 atom stereocenters. The Balaban J connectivity index is 2.21. The maximum Gasteiger partial charge on any atom is 0.0490 e. The Kier molecular flexibility index (Phi) is 4.17. The molecule has 0 saturated carbocycles. The molecule has 0 bridgehead atoms. The van der Waals surface area contributed by atoms with Crippen molar-refractivity contribution in [3.63, 3.8) is 0 Å². The molecule has 0 aliphatic carbocycles. The molecule has 0 aliphatic heterocycles. The number of hydrogen-bond donors (Lipinski definition) is 0. The lowest BCUT2D eigenvalue weighted by Crippen LogP contribution is -2.12. The summed E-state index contributed by atoms with van der Waals surface area (Å²) in [6.45, 7) is 4.27. The largest absolute Gasteiger partial charge is 0.310 e. The van der Waals surface area contributed by atoms with Gasteiger partial charge in [-0.05, 0) is 61.4 Å². The van der Waals surface area contributed by atoms with E-state index < -0.39 is 0 Å². The fourth-order valence-corrected chi connectivity index (χ4v) is 2.75. The minimum absolute atomic E-state index is 0.748. The Bertz CT molecular complexity index is 732. The molecule has 0 unspecified atom stereocenters. The van der Waals surface area contributed by atoms with E-state index in [2.05, 4.69) is 79.4 Å². The van der Waals surface area contributed by atoms with Crippen molar-refractivity contribution in [1.29, 1.82) is 0 Å². The highest BCUT2D eigenvalue weighted by Crippen LogP contribution is 2.38. The zero-order valence-corrected chi connectivity index (χ0v) is 13.5. The summed E-state index contributed by atoms with van der Waals surface area (Å²) in [5, 5.41) is 0.748. The lowest BCUT2D eigenvalue weighted by Gasteiger charge is -2.28. The van der Waals surface area contributed by atoms with Crippen LogP contribution in [0.15, 0.2) is 72.8 Å². The number of rotatable bonds is 3. The summed E-state index contributed by atoms with van der Waals surface area (Å²) in [5.41, 5.74) is 5.94. The van der Waals surface area contributed by atoms with Gasteiger partial charge in [0.1, 0.15) is 0 Å². The van der Waals surface area contributed by atoms with Crippen LogP contribution >= 0.6 is 11.6 Å². The Morgan fingerprint density at radius 1 is 0.636 bits per heavy atom. The predicted molar refractivity (Wildman–Crippen MR) is 95.6 cm³/mol. The number of halogens is 1. The Morgan fingerprint density at radius 2 is 1.09 bits per heavy atom. The molecule has 3 aromatic rings. The number of benzene rings is 3. The normalized spacial score (nSPS) is 10.5. The SMILES string of the molecule is Cc1ccccc1N(c1ccc(Cl)cc1)c1ccccc1C. The molecule has 0 fully saturated rings. The van der Waals surface area contributed by atoms with Crippen LogP contribution in [-0.4, -0.2) is 0 Å². The molecule has 110 valence electrons. The van der Waals surface area contributed by atoms with Crippen LogP contribution in [0, 0.1) is 13.8 Å². The highest BCUT2D eigenvalue weighted by Gasteiger charge is 2.15. The van der Waals surface area contributed by atoms with Crippen LogP contribution in [0.1, 0.15) is 11.1 Å². The van der Waals surface area contributed by atoms with Gasteiger partial charge in [0.05, 0.1) is 0 Å². The van der Waals surface area contributed by atoms with Crippen molar-refractivity contribution < 1.29 is 0 Å². The van der Waals surface area contributed by atoms with E-state index >= 15 is 0 Å². The molecular weight excluding hydrogens is 290 g/mol. The fraction of sp³-hybridized carbons (Fsp3) is 0.100. The van der Waals surface area contributed by atoms with E-state index in [0.29, 0.717) is 0 Å². The molecule has 0 aromatic heterocycles. The first-order valence-electron chi connectivity index (χ1n) is 7.34. The van der Waals surface area contributed by atoms with E-state index in [0.717, 1.165) is 10.7 Å². The predicted octanol–water partition coefficient (Wildman–Crippen LogP) is 6.43. The summed E-state index contributed by atoms with van der Waals surface area (Å²) < 4.78 is 0. The van der Waals surface area contributed by atoms with E-state index in [9.17, 15) is 0 Å². The molecular formula is C20H18ClN. The summed E-state index contributed by atoms with van der Waals surface area (Å²) in [4.78, 5) is 2.28. The molecule has 3 rings (SSSR count). The van der Waals surface area contributed by atoms with E-state index in [4.69, 9.17) is 11.6 Å². The first-order chi connectivity index (χ1) is 10.7. The molecule has 0 saturated heterocycles. The van der Waals surface area contributed by atoms with Gasteiger partial charge in [-0.15, -0.1) is 0 Å². The number of aryl methyl sites for hydroxylation is 2. The first-order valence-corrected chi connectivity index (χ1v) is 7.71. The zero-order valence-electron chi connectivity index (χ0n) is 12.8. The van der Waals surface area contributed by atoms with Crippen LogP contribution in [0.4, 0.5) is 17.1 Å². The molecule has 0 radical (unpaired) electrons. The van der Waals surface area contributed by atoms with Gasteiger partial charge in [0.15, 0.2) is 0 Å². The molecule has 2 heteroatoms. The van der Waals surface area contributed by atoms with Crippen LogP contribution in [0.3, 0.4) is 0 Å². The van der Waals surface area contributed by atoms with Crippen molar-refractivity contribution in [2.24, 2.45) is 0 Å². The third-order valence-electron chi connectivity index (χ3n) is 3.80. The second kappa shape index (κ2) is 6.25. The zero-order chi connectivity index (χ0) is 15.5. The molecule has 22 heavy (non-hydrogen) atoms. The summed E-state index contributed by atoms with van der Waals surface area (Å²) >= 11 is 6.05. The number of hydrogen-bond acceptors (Lipinski definition) is 1. The topological polar surface area (TPSA) is 3.24 Å². The number of para-hydroxylation sites is 2. The van der Waals surface area contributed by atoms with Crippen molar-refractivity contribution in [1.82, 2.24) is 0 Å². The Morgan fingerprint density at radius 3 is 1.55 bits per heavy atom. The van der Waals surface area contributed by atoms with E-state index in [-0.39, 0.29) is 0 Å². The van der Waals surface area contributed by atoms with Crippen LogP contribution < -0.4 is 4.90 Å². The highest BCUT2D eigenvalue weighted by molar-refractivity contribution is 6.30. The smallest absolute Gasteiger partial charge is 0.0490 e. The van der Waals surface area contributed by atoms with E-state index in [1.807, 2.05) is 12.1 Å². The lowest BCUT2D eigenvalue weighted by atomic mass is 10.1. The van der Waals surface area contributed by atoms with Gasteiger partial charge in [-0.25, -0.2) is 0 Å². The van der Waals surface area contributed by atoms with Gasteiger partial charge in [0.2, 0.25) is 0 Å². The molecule has 0 spiro atoms. The number of nitrogens with zero attached hydrogens (tertiary/aromatic N) is 1. The average Bonchev–Trinajstić information content (AvgIpc) is 2.53. The fourth-order valence-electron chi connectivity index (χ4n) is 2.63. The van der Waals surface area contributed by atoms with Gasteiger partial charge in [0, 0.05) is 22.1 Å². The van der Waals surface area contributed by atoms with E-state index in [1.54, 1.807) is 0 Å². The van der Waals surface area contributed by atoms with Gasteiger partial charge in [0.25, 0.3) is 0 Å². The van der Waals surface area contributed by atoms with Crippen molar-refractivity contribution >= 4 is 28.7 Å². The van der Waals surface area contributed by atoms with Crippen molar-refractivity contribution in [3.05, 3.63) is 88.9 Å². The van der Waals surface area contributed by atoms with Crippen LogP contribution in [0.2, 0.25) is 5.02 Å². The molecule has 1 nitrogen and oxygen atoms in total. The molecule has 0 aliphatic rings. The minimum Gasteiger partial charge on any atom is -0.310 e. The van der Waals surface area contributed by atoms with Crippen LogP contribution in [0.5, 0.6) is 0 Å². The molecule has 3 aromatic carbocycles. The van der Waals surface area contributed by atoms with Crippen molar-refractivity contribution in [2.45, 2.75) is 13.8 Å². The van der Waals surface area contributed by atoms with Gasteiger partial charge < -0.3 is 4.90 Å². The summed E-state index contributed by atoms with van der Waals surface area (Å²) in [7, 11) is 0. The second-order valence-electron chi connectivity index (χ2n) is 5.38. The van der Waals surface area contributed by atoms with Crippen molar-refractivity contribution in [2.75, 3.05) is 4.90 Å². The van der Waals surface area contributed by atoms with E-state index in [1.165, 1.54) is 22.5 Å². The standard InChI is InChI=1S/C20H18ClN/c1-15-7-3-5-9-19(15)22(18-13-11-17(21)12-14-18)20-10-6-4-8-16(20)2/h3-14H,1-2H3. The Hall–Kier alpha value is -2.25. The monoisotopic (exact) mass is 307 g/mol. The van der Waals surface area contributed by atoms with Crippen LogP contribution in [0.25, 0.3) is 0 Å². The summed E-state index contributed by atoms with van der Waals surface area (Å²) in [6, 6.07) is 24.8. The quantitative estimate of drug-likeness (QED) is 0.539. The summed E-state index contributed by atoms with van der Waals surface area (Å²) in [6.07, 6.45) is 0. The van der Waals surface area contributed by atoms with Gasteiger partial charge in [-0.3, -0.25) is 0 Å². The summed E-state index contributed by atoms with van der Waals surface area (Å²) in [5.74, 6) is 0. The van der Waals surface area contributed by atoms with Gasteiger partial charge in [-0.2, -0.15) is 0 Å². The maximum absolute atomic E-state index is 6.05. The number of anilines is 3. The maximum atomic E-state index is 6.05. The van der Waals surface area contributed by atoms with Gasteiger partial charge >= 0.3 is 0 Å². The highest BCUT2D eigenvalue weighted by atomic mass is 35.5. The second-order valence-corrected chi connectivity index (χ2v) is 5.82. The van der Waals surface area contributed by atoms with Gasteiger partial charge in [-0.1, -0.05) is 48.0 Å². The third kappa shape index (κ3) is 2.86. The first kappa shape index (κ1) is 14.7. The Labute approximate surface area is 136 Å². The van der Waals surface area contributed by atoms with Crippen molar-refractivity contribution in [3.8, 4) is 0 Å². The molecule has 0 N–H and O–H groups in total. The van der Waals surface area contributed by atoms with Crippen LogP contribution in [-0.2, 0) is 0 Å². The average molecular weight is 308 g/mol. The minimum atomic E-state index is 0.748. The molecule has 0 heterocycles. The molecule has 0 amide bonds.